The van der Waals surface area contributed by atoms with Crippen LogP contribution in [0.5, 0.6) is 0 Å². The molecule has 7 heteroatoms. The van der Waals surface area contributed by atoms with Crippen molar-refractivity contribution in [1.82, 2.24) is 24.1 Å². The largest absolute Gasteiger partial charge is 0.456 e. The summed E-state index contributed by atoms with van der Waals surface area (Å²) in [7, 11) is -3.21. The van der Waals surface area contributed by atoms with Crippen LogP contribution in [0.4, 0.5) is 0 Å². The summed E-state index contributed by atoms with van der Waals surface area (Å²) in [6.07, 6.45) is 10.8. The van der Waals surface area contributed by atoms with E-state index >= 15 is 0 Å². The zero-order chi connectivity index (χ0) is 45.7. The molecular weight excluding hydrogens is 799 g/mol. The molecule has 6 nitrogen and oxygen atoms in total. The third-order valence-electron chi connectivity index (χ3n) is 14.8. The van der Waals surface area contributed by atoms with Gasteiger partial charge in [0, 0.05) is 37.9 Å². The minimum Gasteiger partial charge on any atom is -0.456 e. The Morgan fingerprint density at radius 2 is 0.938 bits per heavy atom. The normalized spacial score (nSPS) is 16.6. The Morgan fingerprint density at radius 1 is 0.469 bits per heavy atom. The topological polar surface area (TPSA) is 61.7 Å². The summed E-state index contributed by atoms with van der Waals surface area (Å²) in [6.45, 7) is 0. The van der Waals surface area contributed by atoms with Gasteiger partial charge in [0.1, 0.15) is 19.2 Å². The van der Waals surface area contributed by atoms with Gasteiger partial charge in [-0.2, -0.15) is 15.0 Å². The van der Waals surface area contributed by atoms with Gasteiger partial charge in [0.05, 0.1) is 27.5 Å². The molecule has 0 amide bonds. The highest BCUT2D eigenvalue weighted by Crippen LogP contribution is 2.49. The van der Waals surface area contributed by atoms with Crippen molar-refractivity contribution in [3.63, 3.8) is 0 Å². The van der Waals surface area contributed by atoms with Crippen LogP contribution in [0.15, 0.2) is 168 Å². The summed E-state index contributed by atoms with van der Waals surface area (Å²) < 4.78 is 51.2. The fraction of sp³-hybridized carbons (Fsp3) is 0.211. The van der Waals surface area contributed by atoms with Crippen LogP contribution in [0, 0.1) is 0 Å². The summed E-state index contributed by atoms with van der Waals surface area (Å²) in [6, 6.07) is 47.7. The van der Waals surface area contributed by atoms with Gasteiger partial charge in [-0.15, -0.1) is 0 Å². The highest BCUT2D eigenvalue weighted by molar-refractivity contribution is 7.04. The molecule has 2 aliphatic carbocycles. The van der Waals surface area contributed by atoms with E-state index < -0.39 is 8.07 Å². The molecule has 0 spiro atoms. The van der Waals surface area contributed by atoms with Crippen LogP contribution in [0.2, 0.25) is 11.1 Å². The smallest absolute Gasteiger partial charge is 0.240 e. The first-order valence-corrected chi connectivity index (χ1v) is 25.3. The van der Waals surface area contributed by atoms with Gasteiger partial charge in [-0.3, -0.25) is 9.13 Å². The SMILES string of the molecule is [2H]c1c([2H])c(-c2nc(-n3c4ccccc4c4ccccc43)nc(-n3c4ccccc4c4ccccc43)n2)c([2H])c([Si](c2ccc3oc4ccccc4c3c2)(C2CCCCC2)C2CCCCC2)c1[2H]. The number of rotatable bonds is 7. The van der Waals surface area contributed by atoms with E-state index in [1.165, 1.54) is 18.0 Å². The number of furan rings is 1. The first-order valence-electron chi connectivity index (χ1n) is 25.2. The zero-order valence-corrected chi connectivity index (χ0v) is 36.6. The zero-order valence-electron chi connectivity index (χ0n) is 39.6. The highest BCUT2D eigenvalue weighted by Gasteiger charge is 2.50. The second-order valence-corrected chi connectivity index (χ2v) is 22.5. The van der Waals surface area contributed by atoms with Crippen molar-refractivity contribution >= 4 is 84.0 Å². The average Bonchev–Trinajstić information content (AvgIpc) is 4.05. The summed E-state index contributed by atoms with van der Waals surface area (Å²) in [5, 5.41) is 8.19. The molecule has 13 rings (SSSR count). The molecular formula is C57H49N5OSi. The van der Waals surface area contributed by atoms with Gasteiger partial charge in [0.2, 0.25) is 11.9 Å². The summed E-state index contributed by atoms with van der Waals surface area (Å²) in [4.78, 5) is 16.0. The Hall–Kier alpha value is -6.83. The Morgan fingerprint density at radius 3 is 1.47 bits per heavy atom. The lowest BCUT2D eigenvalue weighted by molar-refractivity contribution is 0.459. The molecule has 64 heavy (non-hydrogen) atoms. The van der Waals surface area contributed by atoms with E-state index in [4.69, 9.17) is 19.4 Å². The molecule has 0 atom stereocenters. The number of aromatic nitrogens is 5. The predicted molar refractivity (Wildman–Crippen MR) is 266 cm³/mol. The van der Waals surface area contributed by atoms with E-state index in [-0.39, 0.29) is 46.6 Å². The molecule has 0 unspecified atom stereocenters. The number of benzene rings is 7. The van der Waals surface area contributed by atoms with E-state index in [1.807, 2.05) is 60.7 Å². The van der Waals surface area contributed by atoms with Crippen LogP contribution >= 0.6 is 0 Å². The molecule has 2 fully saturated rings. The quantitative estimate of drug-likeness (QED) is 0.150. The van der Waals surface area contributed by atoms with Crippen LogP contribution in [0.25, 0.3) is 88.8 Å². The molecule has 11 aromatic rings. The lowest BCUT2D eigenvalue weighted by atomic mass is 9.99. The molecule has 0 aliphatic heterocycles. The Bertz CT molecular complexity index is 3550. The Balaban J connectivity index is 1.15. The van der Waals surface area contributed by atoms with Gasteiger partial charge < -0.3 is 4.42 Å². The molecule has 4 aromatic heterocycles. The van der Waals surface area contributed by atoms with Crippen molar-refractivity contribution in [2.45, 2.75) is 75.3 Å². The highest BCUT2D eigenvalue weighted by atomic mass is 28.3. The minimum atomic E-state index is -3.21. The van der Waals surface area contributed by atoms with Crippen molar-refractivity contribution in [2.75, 3.05) is 0 Å². The third kappa shape index (κ3) is 5.79. The van der Waals surface area contributed by atoms with Gasteiger partial charge in [0.15, 0.2) is 5.82 Å². The number of fused-ring (bicyclic) bond motifs is 9. The maximum atomic E-state index is 10.8. The standard InChI is InChI=1S/C57H49N5OSi/c1-3-19-39(20-4-1)64(40-21-5-2-6-22-40,42-34-35-54-48(37-42)47-28-11-16-33-53(47)63-54)41-23-17-18-38(36-41)55-58-56(61-49-29-12-7-24-43(49)44-25-8-13-30-50(44)61)60-57(59-55)62-51-31-14-9-26-45(51)46-27-10-15-32-52(46)62/h7-18,23-37,39-40H,1-6,19-22H2/i17D,18D,23D,36D. The van der Waals surface area contributed by atoms with Crippen LogP contribution < -0.4 is 10.4 Å². The minimum absolute atomic E-state index is 0.0167. The van der Waals surface area contributed by atoms with E-state index in [0.717, 1.165) is 117 Å². The van der Waals surface area contributed by atoms with E-state index in [9.17, 15) is 5.48 Å². The fourth-order valence-corrected chi connectivity index (χ4v) is 18.8. The molecule has 7 aromatic carbocycles. The summed E-state index contributed by atoms with van der Waals surface area (Å²) >= 11 is 0. The van der Waals surface area contributed by atoms with Gasteiger partial charge in [-0.25, -0.2) is 0 Å². The van der Waals surface area contributed by atoms with Crippen molar-refractivity contribution in [2.24, 2.45) is 0 Å². The average molecular weight is 852 g/mol. The van der Waals surface area contributed by atoms with Crippen molar-refractivity contribution < 1.29 is 9.90 Å². The molecule has 0 saturated heterocycles. The van der Waals surface area contributed by atoms with E-state index in [2.05, 4.69) is 88.0 Å². The van der Waals surface area contributed by atoms with Crippen molar-refractivity contribution in [3.8, 4) is 23.3 Å². The second kappa shape index (κ2) is 15.2. The van der Waals surface area contributed by atoms with Crippen LogP contribution in [-0.2, 0) is 0 Å². The van der Waals surface area contributed by atoms with E-state index in [1.54, 1.807) is 0 Å². The Kier molecular flexibility index (Phi) is 7.98. The molecule has 312 valence electrons. The summed E-state index contributed by atoms with van der Waals surface area (Å²) in [5.41, 5.74) is 6.01. The van der Waals surface area contributed by atoms with Gasteiger partial charge in [-0.05, 0) is 47.5 Å². The fourth-order valence-electron chi connectivity index (χ4n) is 12.1. The number of hydrogen-bond acceptors (Lipinski definition) is 4. The number of para-hydroxylation sites is 5. The number of nitrogens with zero attached hydrogens (tertiary/aromatic N) is 5. The lowest BCUT2D eigenvalue weighted by Gasteiger charge is -2.48. The second-order valence-electron chi connectivity index (χ2n) is 18.1. The predicted octanol–water partition coefficient (Wildman–Crippen LogP) is 13.9. The van der Waals surface area contributed by atoms with Gasteiger partial charge in [-0.1, -0.05) is 202 Å². The van der Waals surface area contributed by atoms with Crippen LogP contribution in [-0.4, -0.2) is 32.2 Å². The number of hydrogen-bond donors (Lipinski definition) is 0. The van der Waals surface area contributed by atoms with Crippen molar-refractivity contribution in [3.05, 3.63) is 164 Å². The van der Waals surface area contributed by atoms with Crippen LogP contribution in [0.3, 0.4) is 0 Å². The maximum Gasteiger partial charge on any atom is 0.240 e. The maximum absolute atomic E-state index is 10.8. The summed E-state index contributed by atoms with van der Waals surface area (Å²) in [5.74, 6) is 0.864. The lowest BCUT2D eigenvalue weighted by Crippen LogP contribution is -2.65. The van der Waals surface area contributed by atoms with E-state index in [0.29, 0.717) is 17.1 Å². The first kappa shape index (κ1) is 33.7. The molecule has 0 bridgehead atoms. The Labute approximate surface area is 378 Å². The van der Waals surface area contributed by atoms with Gasteiger partial charge >= 0.3 is 0 Å². The molecule has 4 heterocycles. The molecule has 2 aliphatic rings. The first-order chi connectivity index (χ1) is 33.4. The van der Waals surface area contributed by atoms with Gasteiger partial charge in [0.25, 0.3) is 0 Å². The molecule has 2 saturated carbocycles. The third-order valence-corrected chi connectivity index (χ3v) is 20.9. The monoisotopic (exact) mass is 851 g/mol. The van der Waals surface area contributed by atoms with Crippen LogP contribution in [0.1, 0.15) is 69.7 Å². The van der Waals surface area contributed by atoms with Crippen molar-refractivity contribution in [1.29, 1.82) is 0 Å². The molecule has 0 N–H and O–H groups in total. The molecule has 0 radical (unpaired) electrons.